The number of hydrogen-bond donors (Lipinski definition) is 1. The van der Waals surface area contributed by atoms with E-state index >= 15 is 0 Å². The van der Waals surface area contributed by atoms with Gasteiger partial charge in [-0.15, -0.1) is 0 Å². The maximum absolute atomic E-state index is 12.9. The number of ether oxygens (including phenoxy) is 2. The van der Waals surface area contributed by atoms with Gasteiger partial charge in [-0.2, -0.15) is 5.26 Å². The molecule has 0 fully saturated rings. The molecule has 0 unspecified atom stereocenters. The van der Waals surface area contributed by atoms with Gasteiger partial charge in [-0.05, 0) is 45.2 Å². The molecule has 0 aliphatic heterocycles. The molecule has 0 aromatic heterocycles. The highest BCUT2D eigenvalue weighted by atomic mass is 16.5. The van der Waals surface area contributed by atoms with E-state index in [4.69, 9.17) is 9.47 Å². The molecule has 2 atom stereocenters. The Labute approximate surface area is 164 Å². The fourth-order valence-corrected chi connectivity index (χ4v) is 2.66. The minimum absolute atomic E-state index is 0.0706. The first kappa shape index (κ1) is 23.0. The van der Waals surface area contributed by atoms with Crippen molar-refractivity contribution in [2.45, 2.75) is 84.8 Å². The molecule has 150 valence electrons. The molecular weight excluding hydrogens is 340 g/mol. The third-order valence-electron chi connectivity index (χ3n) is 4.63. The zero-order chi connectivity index (χ0) is 20.3. The highest BCUT2D eigenvalue weighted by Gasteiger charge is 2.34. The number of carbonyl (C=O) groups is 1. The Balaban J connectivity index is 2.94. The van der Waals surface area contributed by atoms with Crippen LogP contribution >= 0.6 is 0 Å². The van der Waals surface area contributed by atoms with E-state index in [9.17, 15) is 10.1 Å². The average Bonchev–Trinajstić information content (AvgIpc) is 2.67. The molecule has 0 aliphatic rings. The second-order valence-electron chi connectivity index (χ2n) is 7.15. The fourth-order valence-electron chi connectivity index (χ4n) is 2.66. The normalized spacial score (nSPS) is 14.1. The van der Waals surface area contributed by atoms with Gasteiger partial charge in [0.1, 0.15) is 17.4 Å². The molecule has 1 N–H and O–H groups in total. The van der Waals surface area contributed by atoms with Gasteiger partial charge >= 0.3 is 0 Å². The van der Waals surface area contributed by atoms with Crippen molar-refractivity contribution in [1.82, 2.24) is 0 Å². The van der Waals surface area contributed by atoms with Crippen molar-refractivity contribution in [1.29, 1.82) is 5.26 Å². The average molecular weight is 375 g/mol. The molecule has 0 aliphatic carbocycles. The summed E-state index contributed by atoms with van der Waals surface area (Å²) in [5.74, 6) is 0.422. The van der Waals surface area contributed by atoms with Crippen LogP contribution in [-0.2, 0) is 9.53 Å². The van der Waals surface area contributed by atoms with Crippen LogP contribution in [0, 0.1) is 11.3 Å². The molecule has 5 heteroatoms. The lowest BCUT2D eigenvalue weighted by atomic mass is 9.96. The van der Waals surface area contributed by atoms with Crippen molar-refractivity contribution < 1.29 is 14.3 Å². The number of benzene rings is 1. The smallest absolute Gasteiger partial charge is 0.256 e. The Morgan fingerprint density at radius 1 is 1.26 bits per heavy atom. The zero-order valence-electron chi connectivity index (χ0n) is 17.4. The van der Waals surface area contributed by atoms with Gasteiger partial charge in [0.05, 0.1) is 17.4 Å². The third-order valence-corrected chi connectivity index (χ3v) is 4.63. The maximum atomic E-state index is 12.9. The molecule has 0 spiro atoms. The highest BCUT2D eigenvalue weighted by Crippen LogP contribution is 2.26. The van der Waals surface area contributed by atoms with E-state index in [-0.39, 0.29) is 12.0 Å². The Morgan fingerprint density at radius 2 is 2.00 bits per heavy atom. The molecular formula is C22H34N2O3. The predicted molar refractivity (Wildman–Crippen MR) is 109 cm³/mol. The van der Waals surface area contributed by atoms with E-state index in [1.807, 2.05) is 27.7 Å². The van der Waals surface area contributed by atoms with Crippen molar-refractivity contribution in [2.24, 2.45) is 0 Å². The number of carbonyl (C=O) groups excluding carboxylic acids is 1. The molecule has 1 rings (SSSR count). The molecule has 0 heterocycles. The minimum Gasteiger partial charge on any atom is -0.491 e. The number of nitrogens with zero attached hydrogens (tertiary/aromatic N) is 1. The predicted octanol–water partition coefficient (Wildman–Crippen LogP) is 5.44. The summed E-state index contributed by atoms with van der Waals surface area (Å²) in [5.41, 5.74) is -0.0274. The van der Waals surface area contributed by atoms with Gasteiger partial charge < -0.3 is 14.8 Å². The standard InChI is InChI=1S/C22H34N2O3/c1-6-9-10-13-22(5,26-14-7-2)21(25)24-20-12-11-19(15-18(20)16-23)27-17(4)8-3/h11-12,15,17H,6-10,13-14H2,1-5H3,(H,24,25)/t17-,22+/m0/s1. The third kappa shape index (κ3) is 7.22. The molecule has 0 bridgehead atoms. The van der Waals surface area contributed by atoms with Crippen molar-refractivity contribution >= 4 is 11.6 Å². The van der Waals surface area contributed by atoms with E-state index in [1.165, 1.54) is 0 Å². The van der Waals surface area contributed by atoms with E-state index in [2.05, 4.69) is 18.3 Å². The summed E-state index contributed by atoms with van der Waals surface area (Å²) in [6.45, 7) is 10.5. The minimum atomic E-state index is -0.899. The number of rotatable bonds is 12. The number of amides is 1. The topological polar surface area (TPSA) is 71.3 Å². The number of nitrogens with one attached hydrogen (secondary N) is 1. The Bertz CT molecular complexity index is 639. The van der Waals surface area contributed by atoms with Gasteiger partial charge in [0.15, 0.2) is 0 Å². The summed E-state index contributed by atoms with van der Waals surface area (Å²) >= 11 is 0. The summed E-state index contributed by atoms with van der Waals surface area (Å²) in [6.07, 6.45) is 5.53. The van der Waals surface area contributed by atoms with Gasteiger partial charge in [0.25, 0.3) is 5.91 Å². The Kier molecular flexibility index (Phi) is 9.88. The molecule has 27 heavy (non-hydrogen) atoms. The molecule has 0 radical (unpaired) electrons. The van der Waals surface area contributed by atoms with Crippen LogP contribution in [0.25, 0.3) is 0 Å². The van der Waals surface area contributed by atoms with Crippen LogP contribution in [0.4, 0.5) is 5.69 Å². The number of hydrogen-bond acceptors (Lipinski definition) is 4. The molecule has 0 saturated carbocycles. The fraction of sp³-hybridized carbons (Fsp3) is 0.636. The van der Waals surface area contributed by atoms with Gasteiger partial charge in [-0.3, -0.25) is 4.79 Å². The van der Waals surface area contributed by atoms with Crippen LogP contribution in [0.1, 0.15) is 78.7 Å². The largest absolute Gasteiger partial charge is 0.491 e. The van der Waals surface area contributed by atoms with Crippen LogP contribution < -0.4 is 10.1 Å². The first-order valence-corrected chi connectivity index (χ1v) is 10.1. The molecule has 5 nitrogen and oxygen atoms in total. The summed E-state index contributed by atoms with van der Waals surface area (Å²) in [4.78, 5) is 12.9. The molecule has 1 aromatic rings. The van der Waals surface area contributed by atoms with Crippen LogP contribution in [0.2, 0.25) is 0 Å². The van der Waals surface area contributed by atoms with Crippen molar-refractivity contribution in [3.8, 4) is 11.8 Å². The quantitative estimate of drug-likeness (QED) is 0.495. The Hall–Kier alpha value is -2.06. The van der Waals surface area contributed by atoms with E-state index < -0.39 is 5.60 Å². The van der Waals surface area contributed by atoms with Gasteiger partial charge in [-0.1, -0.05) is 40.0 Å². The van der Waals surface area contributed by atoms with Crippen LogP contribution in [0.5, 0.6) is 5.75 Å². The molecule has 1 aromatic carbocycles. The van der Waals surface area contributed by atoms with E-state index in [1.54, 1.807) is 18.2 Å². The second kappa shape index (κ2) is 11.6. The molecule has 0 saturated heterocycles. The zero-order valence-corrected chi connectivity index (χ0v) is 17.4. The lowest BCUT2D eigenvalue weighted by Gasteiger charge is -2.29. The lowest BCUT2D eigenvalue weighted by molar-refractivity contribution is -0.140. The number of unbranched alkanes of at least 4 members (excludes halogenated alkanes) is 2. The molecule has 1 amide bonds. The first-order chi connectivity index (χ1) is 12.9. The monoisotopic (exact) mass is 374 g/mol. The van der Waals surface area contributed by atoms with E-state index in [0.29, 0.717) is 30.0 Å². The summed E-state index contributed by atoms with van der Waals surface area (Å²) in [7, 11) is 0. The van der Waals surface area contributed by atoms with Gasteiger partial charge in [-0.25, -0.2) is 0 Å². The summed E-state index contributed by atoms with van der Waals surface area (Å²) in [5, 5.41) is 12.4. The Morgan fingerprint density at radius 3 is 2.59 bits per heavy atom. The van der Waals surface area contributed by atoms with Crippen molar-refractivity contribution in [3.05, 3.63) is 23.8 Å². The van der Waals surface area contributed by atoms with E-state index in [0.717, 1.165) is 32.1 Å². The first-order valence-electron chi connectivity index (χ1n) is 10.1. The van der Waals surface area contributed by atoms with Gasteiger partial charge in [0, 0.05) is 12.7 Å². The highest BCUT2D eigenvalue weighted by molar-refractivity contribution is 5.98. The second-order valence-corrected chi connectivity index (χ2v) is 7.15. The van der Waals surface area contributed by atoms with Gasteiger partial charge in [0.2, 0.25) is 0 Å². The van der Waals surface area contributed by atoms with Crippen LogP contribution in [0.3, 0.4) is 0 Å². The number of anilines is 1. The van der Waals surface area contributed by atoms with Crippen molar-refractivity contribution in [2.75, 3.05) is 11.9 Å². The van der Waals surface area contributed by atoms with Crippen LogP contribution in [0.15, 0.2) is 18.2 Å². The lowest BCUT2D eigenvalue weighted by Crippen LogP contribution is -2.43. The maximum Gasteiger partial charge on any atom is 0.256 e. The number of nitriles is 1. The SMILES string of the molecule is CCCCC[C@@](C)(OCCC)C(=O)Nc1ccc(O[C@@H](C)CC)cc1C#N. The van der Waals surface area contributed by atoms with Crippen molar-refractivity contribution in [3.63, 3.8) is 0 Å². The summed E-state index contributed by atoms with van der Waals surface area (Å²) < 4.78 is 11.7. The van der Waals surface area contributed by atoms with Crippen LogP contribution in [-0.4, -0.2) is 24.2 Å². The summed E-state index contributed by atoms with van der Waals surface area (Å²) in [6, 6.07) is 7.32.